The van der Waals surface area contributed by atoms with Crippen LogP contribution in [0.3, 0.4) is 0 Å². The van der Waals surface area contributed by atoms with E-state index in [1.807, 2.05) is 29.8 Å². The van der Waals surface area contributed by atoms with Crippen LogP contribution in [-0.2, 0) is 0 Å². The Morgan fingerprint density at radius 1 is 1.33 bits per heavy atom. The van der Waals surface area contributed by atoms with Crippen LogP contribution < -0.4 is 0 Å². The minimum atomic E-state index is 0.768. The van der Waals surface area contributed by atoms with E-state index >= 15 is 0 Å². The Hall–Kier alpha value is -0.730. The molecule has 1 aromatic rings. The third-order valence-corrected chi connectivity index (χ3v) is 2.63. The van der Waals surface area contributed by atoms with Crippen LogP contribution in [0.5, 0.6) is 0 Å². The first kappa shape index (κ1) is 7.90. The lowest BCUT2D eigenvalue weighted by Gasteiger charge is -2.00. The third-order valence-electron chi connectivity index (χ3n) is 1.53. The Kier molecular flexibility index (Phi) is 2.19. The molecule has 0 aliphatic carbocycles. The summed E-state index contributed by atoms with van der Waals surface area (Å²) in [5.41, 5.74) is 1.12. The summed E-state index contributed by atoms with van der Waals surface area (Å²) in [5, 5.41) is 2.71. The maximum absolute atomic E-state index is 5.85. The molecule has 0 fully saturated rings. The van der Waals surface area contributed by atoms with Crippen molar-refractivity contribution in [2.24, 2.45) is 4.99 Å². The number of hydrogen-bond donors (Lipinski definition) is 0. The van der Waals surface area contributed by atoms with Crippen molar-refractivity contribution in [3.8, 4) is 0 Å². The molecule has 0 amide bonds. The van der Waals surface area contributed by atoms with E-state index in [1.54, 1.807) is 18.0 Å². The zero-order valence-electron chi connectivity index (χ0n) is 6.20. The summed E-state index contributed by atoms with van der Waals surface area (Å²) < 4.78 is 0. The van der Waals surface area contributed by atoms with Crippen LogP contribution in [0.2, 0.25) is 5.02 Å². The normalized spacial score (nSPS) is 14.1. The van der Waals surface area contributed by atoms with Gasteiger partial charge in [-0.05, 0) is 17.5 Å². The van der Waals surface area contributed by atoms with Crippen LogP contribution in [0, 0.1) is 0 Å². The average molecular weight is 196 g/mol. The van der Waals surface area contributed by atoms with Gasteiger partial charge in [-0.1, -0.05) is 29.4 Å². The number of thioether (sulfide) groups is 1. The second kappa shape index (κ2) is 3.33. The van der Waals surface area contributed by atoms with Gasteiger partial charge in [0, 0.05) is 27.9 Å². The maximum Gasteiger partial charge on any atom is 0.0417 e. The van der Waals surface area contributed by atoms with E-state index in [0.717, 1.165) is 15.5 Å². The van der Waals surface area contributed by atoms with Gasteiger partial charge in [-0.2, -0.15) is 0 Å². The van der Waals surface area contributed by atoms with Crippen molar-refractivity contribution in [2.75, 3.05) is 0 Å². The summed E-state index contributed by atoms with van der Waals surface area (Å²) in [6.45, 7) is 0. The molecule has 0 unspecified atom stereocenters. The highest BCUT2D eigenvalue weighted by Gasteiger charge is 2.01. The second-order valence-electron chi connectivity index (χ2n) is 2.36. The molecule has 1 aliphatic heterocycles. The average Bonchev–Trinajstić information content (AvgIpc) is 2.28. The van der Waals surface area contributed by atoms with Crippen molar-refractivity contribution in [3.05, 3.63) is 40.4 Å². The first-order valence-electron chi connectivity index (χ1n) is 3.51. The molecule has 1 nitrogen and oxygen atoms in total. The van der Waals surface area contributed by atoms with Crippen molar-refractivity contribution in [1.29, 1.82) is 0 Å². The molecule has 60 valence electrons. The molecular weight excluding hydrogens is 190 g/mol. The summed E-state index contributed by atoms with van der Waals surface area (Å²) in [6.07, 6.45) is 3.61. The van der Waals surface area contributed by atoms with E-state index in [4.69, 9.17) is 11.6 Å². The molecule has 12 heavy (non-hydrogen) atoms. The topological polar surface area (TPSA) is 12.4 Å². The van der Waals surface area contributed by atoms with Crippen LogP contribution in [0.4, 0.5) is 0 Å². The lowest BCUT2D eigenvalue weighted by molar-refractivity contribution is 1.44. The number of hydrogen-bond acceptors (Lipinski definition) is 2. The van der Waals surface area contributed by atoms with E-state index in [-0.39, 0.29) is 0 Å². The molecule has 0 bridgehead atoms. The highest BCUT2D eigenvalue weighted by Crippen LogP contribution is 2.27. The smallest absolute Gasteiger partial charge is 0.0417 e. The second-order valence-corrected chi connectivity index (χ2v) is 3.75. The fraction of sp³-hybridized carbons (Fsp3) is 0. The Bertz CT molecular complexity index is 358. The molecule has 3 heteroatoms. The minimum Gasteiger partial charge on any atom is -0.264 e. The molecule has 0 saturated carbocycles. The van der Waals surface area contributed by atoms with E-state index in [1.165, 1.54) is 0 Å². The zero-order valence-corrected chi connectivity index (χ0v) is 7.77. The summed E-state index contributed by atoms with van der Waals surface area (Å²) in [6, 6.07) is 5.79. The number of aliphatic imine (C=N–C) groups is 1. The van der Waals surface area contributed by atoms with Gasteiger partial charge in [-0.25, -0.2) is 0 Å². The van der Waals surface area contributed by atoms with Crippen LogP contribution in [-0.4, -0.2) is 6.21 Å². The Morgan fingerprint density at radius 2 is 2.25 bits per heavy atom. The summed E-state index contributed by atoms with van der Waals surface area (Å²) in [4.78, 5) is 5.23. The fourth-order valence-electron chi connectivity index (χ4n) is 0.979. The van der Waals surface area contributed by atoms with Gasteiger partial charge in [0.2, 0.25) is 0 Å². The Labute approximate surface area is 80.2 Å². The first-order chi connectivity index (χ1) is 5.86. The van der Waals surface area contributed by atoms with Gasteiger partial charge < -0.3 is 0 Å². The van der Waals surface area contributed by atoms with Crippen molar-refractivity contribution in [3.63, 3.8) is 0 Å². The maximum atomic E-state index is 5.85. The van der Waals surface area contributed by atoms with Gasteiger partial charge in [0.15, 0.2) is 0 Å². The molecule has 0 radical (unpaired) electrons. The lowest BCUT2D eigenvalue weighted by Crippen LogP contribution is -1.82. The van der Waals surface area contributed by atoms with Crippen molar-refractivity contribution in [2.45, 2.75) is 4.90 Å². The molecule has 0 aromatic heterocycles. The number of nitrogens with zero attached hydrogens (tertiary/aromatic N) is 1. The van der Waals surface area contributed by atoms with Crippen molar-refractivity contribution >= 4 is 29.6 Å². The van der Waals surface area contributed by atoms with E-state index in [9.17, 15) is 0 Å². The summed E-state index contributed by atoms with van der Waals surface area (Å²) in [7, 11) is 0. The van der Waals surface area contributed by atoms with E-state index in [2.05, 4.69) is 4.99 Å². The van der Waals surface area contributed by atoms with Crippen LogP contribution in [0.1, 0.15) is 5.56 Å². The Balaban J connectivity index is 2.53. The summed E-state index contributed by atoms with van der Waals surface area (Å²) >= 11 is 7.48. The van der Waals surface area contributed by atoms with Gasteiger partial charge >= 0.3 is 0 Å². The standard InChI is InChI=1S/C9H6ClNS/c10-8-2-1-7-6-11-3-4-12-9(7)5-8/h1-6H. The molecule has 0 atom stereocenters. The number of rotatable bonds is 0. The lowest BCUT2D eigenvalue weighted by atomic mass is 10.2. The molecular formula is C9H6ClNS. The SMILES string of the molecule is Clc1ccc2c(c1)SC=CN=C2. The molecule has 0 N–H and O–H groups in total. The highest BCUT2D eigenvalue weighted by atomic mass is 35.5. The fourth-order valence-corrected chi connectivity index (χ4v) is 1.95. The van der Waals surface area contributed by atoms with Crippen LogP contribution >= 0.6 is 23.4 Å². The third kappa shape index (κ3) is 1.54. The van der Waals surface area contributed by atoms with E-state index in [0.29, 0.717) is 0 Å². The number of fused-ring (bicyclic) bond motifs is 1. The van der Waals surface area contributed by atoms with Crippen LogP contribution in [0.25, 0.3) is 0 Å². The quantitative estimate of drug-likeness (QED) is 0.619. The molecule has 2 rings (SSSR count). The minimum absolute atomic E-state index is 0.768. The van der Waals surface area contributed by atoms with Crippen molar-refractivity contribution < 1.29 is 0 Å². The van der Waals surface area contributed by atoms with Gasteiger partial charge in [-0.3, -0.25) is 4.99 Å². The molecule has 1 aliphatic rings. The van der Waals surface area contributed by atoms with Crippen LogP contribution in [0.15, 0.2) is 39.7 Å². The molecule has 1 heterocycles. The summed E-state index contributed by atoms with van der Waals surface area (Å²) in [5.74, 6) is 0. The number of benzene rings is 1. The predicted molar refractivity (Wildman–Crippen MR) is 54.0 cm³/mol. The predicted octanol–water partition coefficient (Wildman–Crippen LogP) is 3.34. The monoisotopic (exact) mass is 195 g/mol. The highest BCUT2D eigenvalue weighted by molar-refractivity contribution is 8.02. The zero-order chi connectivity index (χ0) is 8.39. The van der Waals surface area contributed by atoms with Gasteiger partial charge in [0.1, 0.15) is 0 Å². The van der Waals surface area contributed by atoms with Gasteiger partial charge in [-0.15, -0.1) is 0 Å². The van der Waals surface area contributed by atoms with Gasteiger partial charge in [0.05, 0.1) is 0 Å². The number of halogens is 1. The Morgan fingerprint density at radius 3 is 3.17 bits per heavy atom. The van der Waals surface area contributed by atoms with E-state index < -0.39 is 0 Å². The largest absolute Gasteiger partial charge is 0.264 e. The first-order valence-corrected chi connectivity index (χ1v) is 4.76. The molecule has 0 spiro atoms. The molecule has 1 aromatic carbocycles. The van der Waals surface area contributed by atoms with Gasteiger partial charge in [0.25, 0.3) is 0 Å². The molecule has 0 saturated heterocycles. The van der Waals surface area contributed by atoms with Crippen molar-refractivity contribution in [1.82, 2.24) is 0 Å².